The molecular weight excluding hydrogens is 204 g/mol. The number of nitrogens with one attached hydrogen (secondary N) is 2. The molecule has 94 valence electrons. The fourth-order valence-electron chi connectivity index (χ4n) is 2.54. The van der Waals surface area contributed by atoms with Gasteiger partial charge in [-0.05, 0) is 38.4 Å². The van der Waals surface area contributed by atoms with Gasteiger partial charge in [0.2, 0.25) is 0 Å². The molecule has 4 nitrogen and oxygen atoms in total. The molecule has 1 atom stereocenters. The molecular formula is C12H24N2O2. The van der Waals surface area contributed by atoms with Crippen molar-refractivity contribution in [2.45, 2.75) is 31.3 Å². The van der Waals surface area contributed by atoms with E-state index in [9.17, 15) is 5.11 Å². The predicted molar refractivity (Wildman–Crippen MR) is 63.5 cm³/mol. The van der Waals surface area contributed by atoms with Gasteiger partial charge >= 0.3 is 0 Å². The monoisotopic (exact) mass is 228 g/mol. The second kappa shape index (κ2) is 5.96. The van der Waals surface area contributed by atoms with E-state index in [4.69, 9.17) is 4.74 Å². The number of piperidine rings is 1. The van der Waals surface area contributed by atoms with E-state index in [1.54, 1.807) is 0 Å². The molecule has 0 aromatic carbocycles. The molecule has 0 spiro atoms. The molecule has 2 saturated heterocycles. The molecule has 0 aromatic rings. The maximum Gasteiger partial charge on any atom is 0.0815 e. The van der Waals surface area contributed by atoms with E-state index < -0.39 is 5.60 Å². The van der Waals surface area contributed by atoms with Gasteiger partial charge in [-0.3, -0.25) is 0 Å². The molecule has 4 heteroatoms. The first-order chi connectivity index (χ1) is 7.79. The fourth-order valence-corrected chi connectivity index (χ4v) is 2.54. The third kappa shape index (κ3) is 3.70. The minimum absolute atomic E-state index is 0.527. The van der Waals surface area contributed by atoms with Crippen LogP contribution in [0.5, 0.6) is 0 Å². The highest BCUT2D eigenvalue weighted by Crippen LogP contribution is 2.19. The van der Waals surface area contributed by atoms with Crippen molar-refractivity contribution in [2.24, 2.45) is 5.92 Å². The Morgan fingerprint density at radius 3 is 2.88 bits per heavy atom. The summed E-state index contributed by atoms with van der Waals surface area (Å²) in [4.78, 5) is 0. The summed E-state index contributed by atoms with van der Waals surface area (Å²) in [6.07, 6.45) is 4.12. The second-order valence-electron chi connectivity index (χ2n) is 5.18. The quantitative estimate of drug-likeness (QED) is 0.639. The maximum absolute atomic E-state index is 10.2. The molecule has 0 bridgehead atoms. The summed E-state index contributed by atoms with van der Waals surface area (Å²) in [6.45, 7) is 5.42. The first-order valence-electron chi connectivity index (χ1n) is 6.50. The van der Waals surface area contributed by atoms with Crippen molar-refractivity contribution in [3.63, 3.8) is 0 Å². The van der Waals surface area contributed by atoms with Crippen LogP contribution in [0.4, 0.5) is 0 Å². The highest BCUT2D eigenvalue weighted by Gasteiger charge is 2.29. The van der Waals surface area contributed by atoms with Gasteiger partial charge in [-0.15, -0.1) is 0 Å². The standard InChI is InChI=1S/C12H24N2O2/c15-12(3-6-16-7-4-12)10-14-9-11-2-1-5-13-8-11/h11,13-15H,1-10H2. The molecule has 2 rings (SSSR count). The lowest BCUT2D eigenvalue weighted by Gasteiger charge is -2.33. The van der Waals surface area contributed by atoms with Crippen molar-refractivity contribution in [2.75, 3.05) is 39.4 Å². The summed E-state index contributed by atoms with van der Waals surface area (Å²) in [5, 5.41) is 17.1. The molecule has 16 heavy (non-hydrogen) atoms. The van der Waals surface area contributed by atoms with Crippen molar-refractivity contribution in [3.05, 3.63) is 0 Å². The smallest absolute Gasteiger partial charge is 0.0815 e. The fraction of sp³-hybridized carbons (Fsp3) is 1.00. The van der Waals surface area contributed by atoms with E-state index in [0.717, 1.165) is 38.4 Å². The van der Waals surface area contributed by atoms with Crippen molar-refractivity contribution < 1.29 is 9.84 Å². The Hall–Kier alpha value is -0.160. The van der Waals surface area contributed by atoms with Crippen LogP contribution < -0.4 is 10.6 Å². The van der Waals surface area contributed by atoms with Crippen LogP contribution in [0.25, 0.3) is 0 Å². The Balaban J connectivity index is 1.62. The summed E-state index contributed by atoms with van der Waals surface area (Å²) in [6, 6.07) is 0. The summed E-state index contributed by atoms with van der Waals surface area (Å²) in [5.41, 5.74) is -0.527. The molecule has 0 radical (unpaired) electrons. The number of hydrogen-bond donors (Lipinski definition) is 3. The lowest BCUT2D eigenvalue weighted by atomic mass is 9.93. The highest BCUT2D eigenvalue weighted by molar-refractivity contribution is 4.84. The van der Waals surface area contributed by atoms with Gasteiger partial charge in [0.1, 0.15) is 0 Å². The Morgan fingerprint density at radius 1 is 1.38 bits per heavy atom. The molecule has 0 aliphatic carbocycles. The van der Waals surface area contributed by atoms with Crippen LogP contribution >= 0.6 is 0 Å². The number of aliphatic hydroxyl groups is 1. The number of hydrogen-bond acceptors (Lipinski definition) is 4. The maximum atomic E-state index is 10.2. The zero-order valence-corrected chi connectivity index (χ0v) is 10.0. The Kier molecular flexibility index (Phi) is 4.58. The van der Waals surface area contributed by atoms with Crippen LogP contribution in [0.1, 0.15) is 25.7 Å². The van der Waals surface area contributed by atoms with E-state index in [1.807, 2.05) is 0 Å². The van der Waals surface area contributed by atoms with E-state index >= 15 is 0 Å². The summed E-state index contributed by atoms with van der Waals surface area (Å²) in [5.74, 6) is 0.734. The van der Waals surface area contributed by atoms with Gasteiger partial charge in [0.05, 0.1) is 5.60 Å². The third-order valence-electron chi connectivity index (χ3n) is 3.71. The molecule has 0 aromatic heterocycles. The van der Waals surface area contributed by atoms with Gasteiger partial charge in [-0.25, -0.2) is 0 Å². The van der Waals surface area contributed by atoms with Gasteiger partial charge in [0, 0.05) is 32.6 Å². The Bertz CT molecular complexity index is 199. The normalized spacial score (nSPS) is 30.2. The summed E-state index contributed by atoms with van der Waals surface area (Å²) >= 11 is 0. The van der Waals surface area contributed by atoms with Crippen molar-refractivity contribution in [1.82, 2.24) is 10.6 Å². The average Bonchev–Trinajstić information content (AvgIpc) is 2.31. The molecule has 2 heterocycles. The van der Waals surface area contributed by atoms with Crippen LogP contribution in [0.2, 0.25) is 0 Å². The van der Waals surface area contributed by atoms with Gasteiger partial charge in [-0.1, -0.05) is 0 Å². The van der Waals surface area contributed by atoms with Gasteiger partial charge in [0.15, 0.2) is 0 Å². The van der Waals surface area contributed by atoms with E-state index in [-0.39, 0.29) is 0 Å². The van der Waals surface area contributed by atoms with E-state index in [2.05, 4.69) is 10.6 Å². The molecule has 1 unspecified atom stereocenters. The number of ether oxygens (including phenoxy) is 1. The zero-order valence-electron chi connectivity index (χ0n) is 10.0. The lowest BCUT2D eigenvalue weighted by molar-refractivity contribution is -0.0618. The van der Waals surface area contributed by atoms with Crippen molar-refractivity contribution in [3.8, 4) is 0 Å². The lowest BCUT2D eigenvalue weighted by Crippen LogP contribution is -2.47. The van der Waals surface area contributed by atoms with Crippen LogP contribution in [0.3, 0.4) is 0 Å². The molecule has 0 saturated carbocycles. The average molecular weight is 228 g/mol. The molecule has 2 aliphatic heterocycles. The highest BCUT2D eigenvalue weighted by atomic mass is 16.5. The molecule has 3 N–H and O–H groups in total. The minimum atomic E-state index is -0.527. The number of rotatable bonds is 4. The Labute approximate surface area is 97.7 Å². The van der Waals surface area contributed by atoms with Gasteiger partial charge < -0.3 is 20.5 Å². The first kappa shape index (κ1) is 12.3. The third-order valence-corrected chi connectivity index (χ3v) is 3.71. The minimum Gasteiger partial charge on any atom is -0.388 e. The largest absolute Gasteiger partial charge is 0.388 e. The van der Waals surface area contributed by atoms with Crippen molar-refractivity contribution >= 4 is 0 Å². The van der Waals surface area contributed by atoms with Crippen molar-refractivity contribution in [1.29, 1.82) is 0 Å². The molecule has 0 amide bonds. The van der Waals surface area contributed by atoms with E-state index in [0.29, 0.717) is 19.8 Å². The first-order valence-corrected chi connectivity index (χ1v) is 6.50. The summed E-state index contributed by atoms with van der Waals surface area (Å²) in [7, 11) is 0. The second-order valence-corrected chi connectivity index (χ2v) is 5.18. The SMILES string of the molecule is OC1(CNCC2CCCNC2)CCOCC1. The van der Waals surface area contributed by atoms with Crippen LogP contribution in [-0.4, -0.2) is 50.1 Å². The van der Waals surface area contributed by atoms with Gasteiger partial charge in [-0.2, -0.15) is 0 Å². The summed E-state index contributed by atoms with van der Waals surface area (Å²) < 4.78 is 5.26. The Morgan fingerprint density at radius 2 is 2.19 bits per heavy atom. The van der Waals surface area contributed by atoms with Crippen LogP contribution in [-0.2, 0) is 4.74 Å². The molecule has 2 aliphatic rings. The zero-order chi connectivity index (χ0) is 11.3. The predicted octanol–water partition coefficient (Wildman–Crippen LogP) is 0.117. The van der Waals surface area contributed by atoms with Gasteiger partial charge in [0.25, 0.3) is 0 Å². The van der Waals surface area contributed by atoms with Crippen LogP contribution in [0.15, 0.2) is 0 Å². The van der Waals surface area contributed by atoms with Crippen LogP contribution in [0, 0.1) is 5.92 Å². The topological polar surface area (TPSA) is 53.5 Å². The molecule has 2 fully saturated rings. The van der Waals surface area contributed by atoms with E-state index in [1.165, 1.54) is 12.8 Å².